The SMILES string of the molecule is CC12CCC(C)(CC1)c1cc3c4cc5c6cc7c(cc6n(-c6ccccc6)c5c5c6cc8c(cc6n(c3cc1C2=O)c45)C(=O)C1(C)CCC8(C)CC1)-c1ccccc1C7(C)C. The monoisotopic (exact) mass is 794 g/mol. The molecule has 7 aliphatic carbocycles. The minimum absolute atomic E-state index is 0.0447. The Morgan fingerprint density at radius 2 is 0.902 bits per heavy atom. The molecule has 300 valence electrons. The Hall–Kier alpha value is -5.74. The summed E-state index contributed by atoms with van der Waals surface area (Å²) in [5.41, 5.74) is 15.6. The van der Waals surface area contributed by atoms with E-state index in [1.165, 1.54) is 82.2 Å². The van der Waals surface area contributed by atoms with Gasteiger partial charge in [0.1, 0.15) is 0 Å². The normalized spacial score (nSPS) is 27.4. The van der Waals surface area contributed by atoms with E-state index in [1.807, 2.05) is 0 Å². The number of aromatic nitrogens is 2. The van der Waals surface area contributed by atoms with E-state index in [2.05, 4.69) is 148 Å². The Balaban J connectivity index is 1.22. The minimum atomic E-state index is -0.341. The molecule has 4 heteroatoms. The summed E-state index contributed by atoms with van der Waals surface area (Å²) in [5.74, 6) is 0.610. The first kappa shape index (κ1) is 34.9. The third-order valence-corrected chi connectivity index (χ3v) is 18.1. The van der Waals surface area contributed by atoms with Crippen molar-refractivity contribution in [1.29, 1.82) is 0 Å². The van der Waals surface area contributed by atoms with Crippen molar-refractivity contribution in [3.63, 3.8) is 0 Å². The van der Waals surface area contributed by atoms with E-state index in [0.717, 1.165) is 79.2 Å². The third kappa shape index (κ3) is 3.97. The highest BCUT2D eigenvalue weighted by molar-refractivity contribution is 6.35. The molecule has 2 saturated carbocycles. The Kier molecular flexibility index (Phi) is 6.09. The molecule has 0 aliphatic heterocycles. The van der Waals surface area contributed by atoms with Gasteiger partial charge in [0, 0.05) is 65.4 Å². The molecule has 0 N–H and O–H groups in total. The maximum Gasteiger partial charge on any atom is 0.169 e. The molecule has 0 saturated heterocycles. The van der Waals surface area contributed by atoms with Crippen molar-refractivity contribution in [3.05, 3.63) is 130 Å². The van der Waals surface area contributed by atoms with Gasteiger partial charge in [0.05, 0.1) is 27.6 Å². The molecule has 0 unspecified atom stereocenters. The van der Waals surface area contributed by atoms with E-state index in [4.69, 9.17) is 0 Å². The van der Waals surface area contributed by atoms with Crippen LogP contribution in [0.25, 0.3) is 76.7 Å². The lowest BCUT2D eigenvalue weighted by Gasteiger charge is -2.38. The van der Waals surface area contributed by atoms with E-state index >= 15 is 0 Å². The average Bonchev–Trinajstić information content (AvgIpc) is 3.90. The van der Waals surface area contributed by atoms with Crippen molar-refractivity contribution in [2.24, 2.45) is 10.8 Å². The molecule has 0 radical (unpaired) electrons. The quantitative estimate of drug-likeness (QED) is 0.166. The van der Waals surface area contributed by atoms with Crippen LogP contribution >= 0.6 is 0 Å². The molecule has 4 bridgehead atoms. The zero-order valence-corrected chi connectivity index (χ0v) is 36.1. The van der Waals surface area contributed by atoms with Crippen LogP contribution < -0.4 is 0 Å². The molecule has 3 heterocycles. The van der Waals surface area contributed by atoms with Crippen molar-refractivity contribution in [3.8, 4) is 16.8 Å². The summed E-state index contributed by atoms with van der Waals surface area (Å²) in [6.45, 7) is 14.0. The first-order valence-electron chi connectivity index (χ1n) is 22.9. The van der Waals surface area contributed by atoms with Crippen LogP contribution in [-0.2, 0) is 16.2 Å². The van der Waals surface area contributed by atoms with Gasteiger partial charge in [-0.1, -0.05) is 84.0 Å². The number of fused-ring (bicyclic) bond motifs is 17. The summed E-state index contributed by atoms with van der Waals surface area (Å²) < 4.78 is 5.01. The Bertz CT molecular complexity index is 3540. The Morgan fingerprint density at radius 3 is 1.54 bits per heavy atom. The van der Waals surface area contributed by atoms with Crippen molar-refractivity contribution < 1.29 is 9.59 Å². The summed E-state index contributed by atoms with van der Waals surface area (Å²) in [6.07, 6.45) is 7.84. The maximum atomic E-state index is 14.8. The summed E-state index contributed by atoms with van der Waals surface area (Å²) in [6, 6.07) is 36.8. The molecule has 16 rings (SSSR count). The highest BCUT2D eigenvalue weighted by Crippen LogP contribution is 2.58. The van der Waals surface area contributed by atoms with Crippen molar-refractivity contribution in [2.75, 3.05) is 0 Å². The lowest BCUT2D eigenvalue weighted by molar-refractivity contribution is 0.0726. The first-order valence-corrected chi connectivity index (χ1v) is 22.9. The van der Waals surface area contributed by atoms with Gasteiger partial charge in [-0.3, -0.25) is 9.59 Å². The van der Waals surface area contributed by atoms with Crippen LogP contribution in [0.3, 0.4) is 0 Å². The molecule has 61 heavy (non-hydrogen) atoms. The predicted molar refractivity (Wildman–Crippen MR) is 250 cm³/mol. The van der Waals surface area contributed by atoms with Crippen LogP contribution in [0.2, 0.25) is 0 Å². The van der Waals surface area contributed by atoms with Crippen LogP contribution in [0.15, 0.2) is 97.1 Å². The third-order valence-electron chi connectivity index (χ3n) is 18.1. The van der Waals surface area contributed by atoms with Gasteiger partial charge in [0.15, 0.2) is 11.6 Å². The summed E-state index contributed by atoms with van der Waals surface area (Å²) >= 11 is 0. The fourth-order valence-electron chi connectivity index (χ4n) is 14.0. The number of nitrogens with zero attached hydrogens (tertiary/aromatic N) is 2. The molecule has 0 amide bonds. The topological polar surface area (TPSA) is 43.5 Å². The van der Waals surface area contributed by atoms with E-state index in [1.54, 1.807) is 0 Å². The van der Waals surface area contributed by atoms with Crippen molar-refractivity contribution in [1.82, 2.24) is 8.97 Å². The number of para-hydroxylation sites is 1. The number of ketones is 2. The van der Waals surface area contributed by atoms with Crippen LogP contribution in [0, 0.1) is 10.8 Å². The lowest BCUT2D eigenvalue weighted by Crippen LogP contribution is -2.33. The van der Waals surface area contributed by atoms with Gasteiger partial charge in [-0.05, 0) is 150 Å². The maximum absolute atomic E-state index is 14.8. The molecular weight excluding hydrogens is 745 g/mol. The highest BCUT2D eigenvalue weighted by atomic mass is 16.1. The van der Waals surface area contributed by atoms with E-state index < -0.39 is 0 Å². The van der Waals surface area contributed by atoms with Gasteiger partial charge in [-0.15, -0.1) is 0 Å². The zero-order chi connectivity index (χ0) is 41.3. The molecular formula is C57H50N2O2. The van der Waals surface area contributed by atoms with Gasteiger partial charge >= 0.3 is 0 Å². The molecule has 3 aromatic heterocycles. The molecule has 2 fully saturated rings. The number of hydrogen-bond donors (Lipinski definition) is 0. The number of benzene rings is 6. The van der Waals surface area contributed by atoms with Crippen molar-refractivity contribution >= 4 is 71.5 Å². The van der Waals surface area contributed by atoms with Gasteiger partial charge in [-0.25, -0.2) is 0 Å². The zero-order valence-electron chi connectivity index (χ0n) is 36.1. The fourth-order valence-corrected chi connectivity index (χ4v) is 14.0. The molecule has 0 atom stereocenters. The number of hydrogen-bond acceptors (Lipinski definition) is 2. The van der Waals surface area contributed by atoms with Crippen LogP contribution in [-0.4, -0.2) is 20.5 Å². The van der Waals surface area contributed by atoms with Crippen molar-refractivity contribution in [2.45, 2.75) is 109 Å². The molecule has 9 aromatic rings. The second kappa shape index (κ2) is 10.6. The van der Waals surface area contributed by atoms with E-state index in [-0.39, 0.29) is 27.1 Å². The molecule has 6 aromatic carbocycles. The Labute approximate surface area is 355 Å². The molecule has 0 spiro atoms. The minimum Gasteiger partial charge on any atom is -0.309 e. The largest absolute Gasteiger partial charge is 0.309 e. The number of rotatable bonds is 1. The molecule has 4 nitrogen and oxygen atoms in total. The first-order chi connectivity index (χ1) is 29.2. The summed E-state index contributed by atoms with van der Waals surface area (Å²) in [5, 5.41) is 7.39. The van der Waals surface area contributed by atoms with Crippen LogP contribution in [0.4, 0.5) is 0 Å². The highest BCUT2D eigenvalue weighted by Gasteiger charge is 2.51. The second-order valence-electron chi connectivity index (χ2n) is 21.9. The van der Waals surface area contributed by atoms with Gasteiger partial charge < -0.3 is 8.97 Å². The second-order valence-corrected chi connectivity index (χ2v) is 21.9. The number of carbonyl (C=O) groups excluding carboxylic acids is 2. The van der Waals surface area contributed by atoms with Gasteiger partial charge in [0.2, 0.25) is 0 Å². The standard InChI is InChI=1S/C57H50N2O2/c1-53(2)41-15-11-10-14-32(41)33-28-45-34(25-42(33)53)36-24-37-35-26-43-38(51(60)56(5)20-16-54(43,3)17-21-56)29-46(35)59-47-30-39-44(55(4)18-22-57(6,23-19-55)52(39)61)27-40(47)48(50(37)59)49(36)58(45)31-12-8-7-9-13-31/h7-15,24-30H,16-23H2,1-6H3. The Morgan fingerprint density at radius 1 is 0.410 bits per heavy atom. The summed E-state index contributed by atoms with van der Waals surface area (Å²) in [4.78, 5) is 29.6. The van der Waals surface area contributed by atoms with Gasteiger partial charge in [0.25, 0.3) is 0 Å². The number of Topliss-reactive ketones (excluding diaryl/α,β-unsaturated/α-hetero) is 2. The van der Waals surface area contributed by atoms with Crippen LogP contribution in [0.1, 0.15) is 136 Å². The lowest BCUT2D eigenvalue weighted by atomic mass is 9.65. The average molecular weight is 795 g/mol. The van der Waals surface area contributed by atoms with Gasteiger partial charge in [-0.2, -0.15) is 0 Å². The van der Waals surface area contributed by atoms with E-state index in [0.29, 0.717) is 11.6 Å². The smallest absolute Gasteiger partial charge is 0.169 e. The van der Waals surface area contributed by atoms with Crippen LogP contribution in [0.5, 0.6) is 0 Å². The summed E-state index contributed by atoms with van der Waals surface area (Å²) in [7, 11) is 0. The molecule has 7 aliphatic rings. The van der Waals surface area contributed by atoms with E-state index in [9.17, 15) is 9.59 Å². The number of carbonyl (C=O) groups is 2. The predicted octanol–water partition coefficient (Wildman–Crippen LogP) is 14.3. The fraction of sp³-hybridized carbons (Fsp3) is 0.333.